The Kier molecular flexibility index (Phi) is 9.95. The number of carboxylic acids is 1. The zero-order chi connectivity index (χ0) is 26.8. The molecule has 0 bridgehead atoms. The Hall–Kier alpha value is -4.00. The van der Waals surface area contributed by atoms with Crippen LogP contribution < -0.4 is 16.2 Å². The summed E-state index contributed by atoms with van der Waals surface area (Å²) in [4.78, 5) is 58.4. The van der Waals surface area contributed by atoms with Crippen LogP contribution in [-0.2, 0) is 26.7 Å². The van der Waals surface area contributed by atoms with Crippen molar-refractivity contribution in [2.24, 2.45) is 0 Å². The summed E-state index contributed by atoms with van der Waals surface area (Å²) in [6.45, 7) is 3.43. The fraction of sp³-hybridized carbons (Fsp3) is 0.375. The molecular weight excluding hydrogens is 500 g/mol. The van der Waals surface area contributed by atoms with E-state index in [0.717, 1.165) is 5.56 Å². The number of aromatic nitrogens is 4. The van der Waals surface area contributed by atoms with E-state index in [1.54, 1.807) is 13.8 Å². The number of hydrogen-bond acceptors (Lipinski definition) is 10. The summed E-state index contributed by atoms with van der Waals surface area (Å²) in [5.41, 5.74) is 0.459. The summed E-state index contributed by atoms with van der Waals surface area (Å²) in [5, 5.41) is 18.3. The second kappa shape index (κ2) is 13.3. The average molecular weight is 529 g/mol. The lowest BCUT2D eigenvalue weighted by molar-refractivity contribution is -0.140. The first-order valence-electron chi connectivity index (χ1n) is 11.5. The topological polar surface area (TPSA) is 169 Å². The van der Waals surface area contributed by atoms with Crippen LogP contribution >= 0.6 is 11.8 Å². The lowest BCUT2D eigenvalue weighted by atomic mass is 10.1. The Morgan fingerprint density at radius 2 is 1.97 bits per heavy atom. The summed E-state index contributed by atoms with van der Waals surface area (Å²) in [5.74, 6) is -0.983. The molecule has 0 aliphatic heterocycles. The van der Waals surface area contributed by atoms with Gasteiger partial charge in [0.15, 0.2) is 17.4 Å². The molecule has 0 aliphatic rings. The first-order valence-corrected chi connectivity index (χ1v) is 12.7. The van der Waals surface area contributed by atoms with Crippen LogP contribution in [0.3, 0.4) is 0 Å². The number of amides is 1. The van der Waals surface area contributed by atoms with Gasteiger partial charge in [-0.25, -0.2) is 4.98 Å². The molecule has 12 nitrogen and oxygen atoms in total. The van der Waals surface area contributed by atoms with Gasteiger partial charge in [-0.1, -0.05) is 42.4 Å². The molecule has 2 aromatic heterocycles. The number of nitrogens with zero attached hydrogens (tertiary/aromatic N) is 4. The predicted octanol–water partition coefficient (Wildman–Crippen LogP) is 1.96. The maximum Gasteiger partial charge on any atom is 0.305 e. The van der Waals surface area contributed by atoms with Crippen molar-refractivity contribution in [3.63, 3.8) is 0 Å². The Morgan fingerprint density at radius 3 is 2.62 bits per heavy atom. The molecule has 3 N–H and O–H groups in total. The molecule has 0 spiro atoms. The molecule has 0 fully saturated rings. The first kappa shape index (κ1) is 27.6. The van der Waals surface area contributed by atoms with Crippen LogP contribution in [-0.4, -0.2) is 54.3 Å². The van der Waals surface area contributed by atoms with E-state index >= 15 is 0 Å². The number of anilines is 1. The van der Waals surface area contributed by atoms with Gasteiger partial charge >= 0.3 is 5.97 Å². The Labute approximate surface area is 216 Å². The Bertz CT molecular complexity index is 1280. The maximum atomic E-state index is 13.1. The summed E-state index contributed by atoms with van der Waals surface area (Å²) in [6, 6.07) is 7.33. The average Bonchev–Trinajstić information content (AvgIpc) is 3.29. The molecule has 1 amide bonds. The second-order valence-corrected chi connectivity index (χ2v) is 9.09. The van der Waals surface area contributed by atoms with Gasteiger partial charge in [0.2, 0.25) is 11.8 Å². The summed E-state index contributed by atoms with van der Waals surface area (Å²) in [6.07, 6.45) is 2.38. The minimum atomic E-state index is -1.22. The molecule has 37 heavy (non-hydrogen) atoms. The zero-order valence-corrected chi connectivity index (χ0v) is 21.2. The third kappa shape index (κ3) is 8.00. The fourth-order valence-electron chi connectivity index (χ4n) is 3.50. The molecule has 3 aromatic rings. The quantitative estimate of drug-likeness (QED) is 0.279. The number of carboxylic acid groups (broad SMARTS) is 1. The third-order valence-electron chi connectivity index (χ3n) is 5.31. The van der Waals surface area contributed by atoms with Gasteiger partial charge < -0.3 is 20.3 Å². The molecule has 2 heterocycles. The van der Waals surface area contributed by atoms with E-state index < -0.39 is 41.7 Å². The van der Waals surface area contributed by atoms with E-state index in [4.69, 9.17) is 4.52 Å². The van der Waals surface area contributed by atoms with Gasteiger partial charge in [-0.05, 0) is 18.9 Å². The second-order valence-electron chi connectivity index (χ2n) is 8.10. The van der Waals surface area contributed by atoms with E-state index in [9.17, 15) is 24.3 Å². The van der Waals surface area contributed by atoms with E-state index in [1.165, 1.54) is 28.7 Å². The largest absolute Gasteiger partial charge is 0.481 e. The lowest BCUT2D eigenvalue weighted by Gasteiger charge is -2.22. The van der Waals surface area contributed by atoms with Crippen LogP contribution in [0.25, 0.3) is 0 Å². The van der Waals surface area contributed by atoms with Crippen LogP contribution in [0.5, 0.6) is 0 Å². The first-order chi connectivity index (χ1) is 17.8. The van der Waals surface area contributed by atoms with Gasteiger partial charge in [-0.3, -0.25) is 23.7 Å². The molecule has 3 rings (SSSR count). The van der Waals surface area contributed by atoms with Crippen molar-refractivity contribution >= 4 is 35.2 Å². The number of carbonyl (C=O) groups is 3. The van der Waals surface area contributed by atoms with Gasteiger partial charge in [-0.2, -0.15) is 4.98 Å². The minimum absolute atomic E-state index is 0.0277. The number of ketones is 1. The van der Waals surface area contributed by atoms with Crippen molar-refractivity contribution in [3.05, 3.63) is 70.4 Å². The lowest BCUT2D eigenvalue weighted by Crippen LogP contribution is -2.47. The van der Waals surface area contributed by atoms with E-state index in [2.05, 4.69) is 25.8 Å². The maximum absolute atomic E-state index is 13.1. The van der Waals surface area contributed by atoms with Crippen molar-refractivity contribution in [1.82, 2.24) is 25.0 Å². The van der Waals surface area contributed by atoms with Crippen molar-refractivity contribution in [1.29, 1.82) is 0 Å². The van der Waals surface area contributed by atoms with E-state index in [-0.39, 0.29) is 30.4 Å². The van der Waals surface area contributed by atoms with Crippen molar-refractivity contribution in [3.8, 4) is 0 Å². The van der Waals surface area contributed by atoms with Gasteiger partial charge in [0.25, 0.3) is 5.56 Å². The molecule has 0 saturated heterocycles. The third-order valence-corrected chi connectivity index (χ3v) is 6.34. The van der Waals surface area contributed by atoms with Crippen molar-refractivity contribution in [2.45, 2.75) is 51.1 Å². The number of hydrogen-bond donors (Lipinski definition) is 3. The fourth-order valence-corrected chi connectivity index (χ4v) is 4.44. The molecular formula is C24H28N6O6S. The van der Waals surface area contributed by atoms with E-state index in [0.29, 0.717) is 11.6 Å². The van der Waals surface area contributed by atoms with Crippen molar-refractivity contribution < 1.29 is 24.0 Å². The van der Waals surface area contributed by atoms with Crippen LogP contribution in [0.1, 0.15) is 43.1 Å². The molecule has 196 valence electrons. The van der Waals surface area contributed by atoms with Crippen molar-refractivity contribution in [2.75, 3.05) is 11.1 Å². The number of aliphatic carboxylic acids is 1. The smallest absolute Gasteiger partial charge is 0.305 e. The van der Waals surface area contributed by atoms with Gasteiger partial charge in [-0.15, -0.1) is 11.8 Å². The summed E-state index contributed by atoms with van der Waals surface area (Å²) in [7, 11) is 0. The molecule has 1 unspecified atom stereocenters. The van der Waals surface area contributed by atoms with E-state index in [1.807, 2.05) is 30.3 Å². The Balaban J connectivity index is 1.68. The normalized spacial score (nSPS) is 12.5. The minimum Gasteiger partial charge on any atom is -0.481 e. The van der Waals surface area contributed by atoms with Crippen LogP contribution in [0, 0.1) is 6.92 Å². The highest BCUT2D eigenvalue weighted by atomic mass is 32.2. The molecule has 0 saturated carbocycles. The highest BCUT2D eigenvalue weighted by molar-refractivity contribution is 7.99. The van der Waals surface area contributed by atoms with Gasteiger partial charge in [0, 0.05) is 18.1 Å². The molecule has 0 aliphatic carbocycles. The number of nitrogens with one attached hydrogen (secondary N) is 2. The number of carbonyl (C=O) groups excluding carboxylic acids is 2. The van der Waals surface area contributed by atoms with Gasteiger partial charge in [0.05, 0.1) is 24.8 Å². The summed E-state index contributed by atoms with van der Waals surface area (Å²) < 4.78 is 6.20. The number of benzene rings is 1. The number of Topliss-reactive ketones (excluding diaryl/α,β-unsaturated/α-hetero) is 1. The molecule has 2 atom stereocenters. The highest BCUT2D eigenvalue weighted by Gasteiger charge is 2.28. The summed E-state index contributed by atoms with van der Waals surface area (Å²) >= 11 is 1.33. The monoisotopic (exact) mass is 528 g/mol. The SMILES string of the molecule is CCC(C(=O)N[C@@H](CC(=O)O)C(=O)CSCc1ccccc1)n1ccnc(NCc2nc(C)no2)c1=O. The number of aryl methyl sites for hydroxylation is 1. The number of thioether (sulfide) groups is 1. The zero-order valence-electron chi connectivity index (χ0n) is 20.4. The molecule has 0 radical (unpaired) electrons. The highest BCUT2D eigenvalue weighted by Crippen LogP contribution is 2.15. The molecule has 13 heteroatoms. The van der Waals surface area contributed by atoms with Crippen LogP contribution in [0.2, 0.25) is 0 Å². The van der Waals surface area contributed by atoms with Crippen LogP contribution in [0.4, 0.5) is 5.82 Å². The Morgan fingerprint density at radius 1 is 1.22 bits per heavy atom. The van der Waals surface area contributed by atoms with Gasteiger partial charge in [0.1, 0.15) is 6.04 Å². The van der Waals surface area contributed by atoms with Crippen LogP contribution in [0.15, 0.2) is 52.0 Å². The molecule has 1 aromatic carbocycles. The standard InChI is InChI=1S/C24H28N6O6S/c1-3-18(30-10-9-25-22(24(30)35)26-12-20-27-15(2)29-36-20)23(34)28-17(11-21(32)33)19(31)14-37-13-16-7-5-4-6-8-16/h4-10,17-18H,3,11-14H2,1-2H3,(H,25,26)(H,28,34)(H,32,33)/t17-,18?/m0/s1. The predicted molar refractivity (Wildman–Crippen MR) is 136 cm³/mol. The number of rotatable bonds is 14.